The molecule has 2 aliphatic rings. The Labute approximate surface area is 376 Å². The molecule has 1 spiro atoms. The Hall–Kier alpha value is -7.98. The van der Waals surface area contributed by atoms with E-state index in [1.165, 1.54) is 54.1 Å². The van der Waals surface area contributed by atoms with Gasteiger partial charge in [-0.2, -0.15) is 0 Å². The van der Waals surface area contributed by atoms with Gasteiger partial charge in [-0.15, -0.1) is 0 Å². The zero-order valence-corrected chi connectivity index (χ0v) is 36.2. The molecule has 12 rings (SSSR count). The summed E-state index contributed by atoms with van der Waals surface area (Å²) >= 11 is 0. The third-order valence-electron chi connectivity index (χ3n) is 13.5. The third kappa shape index (κ3) is 5.78. The van der Waals surface area contributed by atoms with Gasteiger partial charge in [0.2, 0.25) is 0 Å². The van der Waals surface area contributed by atoms with Crippen LogP contribution in [-0.2, 0) is 5.41 Å². The quantitative estimate of drug-likeness (QED) is 0.148. The maximum absolute atomic E-state index is 7.02. The molecule has 0 bridgehead atoms. The molecule has 10 aromatic carbocycles. The van der Waals surface area contributed by atoms with Crippen LogP contribution in [0.4, 0.5) is 17.1 Å². The molecule has 0 amide bonds. The minimum Gasteiger partial charge on any atom is -0.457 e. The molecule has 2 nitrogen and oxygen atoms in total. The lowest BCUT2D eigenvalue weighted by atomic mass is 9.63. The number of benzene rings is 10. The average molecular weight is 834 g/mol. The van der Waals surface area contributed by atoms with Gasteiger partial charge in [0, 0.05) is 28.2 Å². The standard InChI is InChI=1S/C61H43NOSi/c1-5-19-44(20-6-1)46-33-37-48(38-34-46)62(49-39-35-47(36-40-49)45-21-7-2-8-22-45)50-41-42-58-56(43-50)61(53-27-13-16-30-57(53)63-58)54-28-14-17-31-59(54)64(51-23-9-3-10-24-51,52-25-11-4-12-26-52)60-32-18-15-29-55(60)61/h1-43H. The van der Waals surface area contributed by atoms with Gasteiger partial charge in [0.25, 0.3) is 0 Å². The van der Waals surface area contributed by atoms with Crippen LogP contribution in [0.15, 0.2) is 261 Å². The zero-order chi connectivity index (χ0) is 42.5. The van der Waals surface area contributed by atoms with Crippen LogP contribution in [0, 0.1) is 0 Å². The molecule has 10 aromatic rings. The van der Waals surface area contributed by atoms with Crippen LogP contribution in [-0.4, -0.2) is 8.07 Å². The molecule has 0 atom stereocenters. The van der Waals surface area contributed by atoms with E-state index < -0.39 is 13.5 Å². The molecular formula is C61H43NOSi. The number of fused-ring (bicyclic) bond motifs is 8. The Balaban J connectivity index is 1.13. The zero-order valence-electron chi connectivity index (χ0n) is 35.2. The normalized spacial score (nSPS) is 13.7. The van der Waals surface area contributed by atoms with Crippen molar-refractivity contribution in [1.82, 2.24) is 0 Å². The molecule has 0 radical (unpaired) electrons. The second-order valence-corrected chi connectivity index (χ2v) is 20.5. The molecule has 0 saturated carbocycles. The highest BCUT2D eigenvalue weighted by molar-refractivity contribution is 7.20. The van der Waals surface area contributed by atoms with Crippen LogP contribution < -0.4 is 30.4 Å². The Morgan fingerprint density at radius 3 is 1.17 bits per heavy atom. The topological polar surface area (TPSA) is 12.5 Å². The first-order valence-corrected chi connectivity index (χ1v) is 24.1. The van der Waals surface area contributed by atoms with Gasteiger partial charge in [-0.25, -0.2) is 0 Å². The molecule has 0 saturated heterocycles. The minimum atomic E-state index is -2.89. The number of hydrogen-bond acceptors (Lipinski definition) is 2. The molecule has 0 fully saturated rings. The van der Waals surface area contributed by atoms with E-state index in [0.29, 0.717) is 0 Å². The van der Waals surface area contributed by atoms with Crippen molar-refractivity contribution in [3.05, 3.63) is 283 Å². The number of para-hydroxylation sites is 1. The highest BCUT2D eigenvalue weighted by atomic mass is 28.3. The number of anilines is 3. The summed E-state index contributed by atoms with van der Waals surface area (Å²) in [6.07, 6.45) is 0. The maximum atomic E-state index is 7.02. The lowest BCUT2D eigenvalue weighted by Gasteiger charge is -2.51. The van der Waals surface area contributed by atoms with Crippen molar-refractivity contribution >= 4 is 45.9 Å². The van der Waals surface area contributed by atoms with Gasteiger partial charge in [0.1, 0.15) is 11.5 Å². The average Bonchev–Trinajstić information content (AvgIpc) is 3.38. The molecule has 2 aliphatic heterocycles. The number of hydrogen-bond donors (Lipinski definition) is 0. The Kier molecular flexibility index (Phi) is 9.10. The molecule has 64 heavy (non-hydrogen) atoms. The molecule has 302 valence electrons. The second-order valence-electron chi connectivity index (χ2n) is 16.8. The van der Waals surface area contributed by atoms with Crippen molar-refractivity contribution in [2.45, 2.75) is 5.41 Å². The number of rotatable bonds is 7. The van der Waals surface area contributed by atoms with E-state index in [-0.39, 0.29) is 0 Å². The summed E-state index contributed by atoms with van der Waals surface area (Å²) in [6, 6.07) is 95.9. The SMILES string of the molecule is c1ccc(-c2ccc(N(c3ccc(-c4ccccc4)cc3)c3ccc4c(c3)C3(c5ccccc5O4)c4ccccc4[Si](c4ccccc4)(c4ccccc4)c4ccccc43)cc2)cc1. The van der Waals surface area contributed by atoms with Gasteiger partial charge < -0.3 is 9.64 Å². The molecule has 0 aromatic heterocycles. The van der Waals surface area contributed by atoms with Crippen LogP contribution >= 0.6 is 0 Å². The summed E-state index contributed by atoms with van der Waals surface area (Å²) in [4.78, 5) is 2.39. The van der Waals surface area contributed by atoms with E-state index in [0.717, 1.165) is 39.7 Å². The summed E-state index contributed by atoms with van der Waals surface area (Å²) in [5.41, 5.74) is 12.1. The van der Waals surface area contributed by atoms with Crippen LogP contribution in [0.3, 0.4) is 0 Å². The predicted octanol–water partition coefficient (Wildman–Crippen LogP) is 12.7. The first-order valence-electron chi connectivity index (χ1n) is 22.1. The molecular weight excluding hydrogens is 791 g/mol. The van der Waals surface area contributed by atoms with Gasteiger partial charge >= 0.3 is 0 Å². The van der Waals surface area contributed by atoms with Crippen molar-refractivity contribution in [3.8, 4) is 33.8 Å². The largest absolute Gasteiger partial charge is 0.457 e. The van der Waals surface area contributed by atoms with Crippen molar-refractivity contribution in [3.63, 3.8) is 0 Å². The van der Waals surface area contributed by atoms with E-state index in [9.17, 15) is 0 Å². The van der Waals surface area contributed by atoms with E-state index >= 15 is 0 Å². The summed E-state index contributed by atoms with van der Waals surface area (Å²) in [7, 11) is -2.89. The number of nitrogens with zero attached hydrogens (tertiary/aromatic N) is 1. The third-order valence-corrected chi connectivity index (χ3v) is 18.4. The number of ether oxygens (including phenoxy) is 1. The molecule has 0 unspecified atom stereocenters. The molecule has 2 heterocycles. The first kappa shape index (κ1) is 37.8. The highest BCUT2D eigenvalue weighted by Crippen LogP contribution is 2.57. The Morgan fingerprint density at radius 2 is 0.672 bits per heavy atom. The molecule has 0 aliphatic carbocycles. The van der Waals surface area contributed by atoms with Crippen LogP contribution in [0.2, 0.25) is 0 Å². The molecule has 0 N–H and O–H groups in total. The lowest BCUT2D eigenvalue weighted by Crippen LogP contribution is -2.79. The van der Waals surface area contributed by atoms with Crippen molar-refractivity contribution in [2.24, 2.45) is 0 Å². The second kappa shape index (κ2) is 15.4. The van der Waals surface area contributed by atoms with Crippen LogP contribution in [0.1, 0.15) is 22.3 Å². The monoisotopic (exact) mass is 833 g/mol. The van der Waals surface area contributed by atoms with E-state index in [1.807, 2.05) is 0 Å². The smallest absolute Gasteiger partial charge is 0.180 e. The summed E-state index contributed by atoms with van der Waals surface area (Å²) in [5, 5.41) is 5.52. The van der Waals surface area contributed by atoms with Gasteiger partial charge in [-0.3, -0.25) is 0 Å². The summed E-state index contributed by atoms with van der Waals surface area (Å²) in [5.74, 6) is 1.74. The van der Waals surface area contributed by atoms with E-state index in [4.69, 9.17) is 4.74 Å². The van der Waals surface area contributed by atoms with Gasteiger partial charge in [0.15, 0.2) is 8.07 Å². The maximum Gasteiger partial charge on any atom is 0.180 e. The van der Waals surface area contributed by atoms with Crippen molar-refractivity contribution in [2.75, 3.05) is 4.90 Å². The van der Waals surface area contributed by atoms with Gasteiger partial charge in [-0.1, -0.05) is 212 Å². The van der Waals surface area contributed by atoms with E-state index in [2.05, 4.69) is 266 Å². The Bertz CT molecular complexity index is 3110. The van der Waals surface area contributed by atoms with Gasteiger partial charge in [-0.05, 0) is 103 Å². The fourth-order valence-corrected chi connectivity index (χ4v) is 16.1. The lowest BCUT2D eigenvalue weighted by molar-refractivity contribution is 0.435. The molecule has 3 heteroatoms. The summed E-state index contributed by atoms with van der Waals surface area (Å²) in [6.45, 7) is 0. The highest BCUT2D eigenvalue weighted by Gasteiger charge is 2.57. The first-order chi connectivity index (χ1) is 31.7. The van der Waals surface area contributed by atoms with Crippen LogP contribution in [0.5, 0.6) is 11.5 Å². The fraction of sp³-hybridized carbons (Fsp3) is 0.0164. The van der Waals surface area contributed by atoms with E-state index in [1.54, 1.807) is 0 Å². The predicted molar refractivity (Wildman–Crippen MR) is 268 cm³/mol. The minimum absolute atomic E-state index is 0.701. The van der Waals surface area contributed by atoms with Crippen molar-refractivity contribution < 1.29 is 4.74 Å². The van der Waals surface area contributed by atoms with Crippen LogP contribution in [0.25, 0.3) is 22.3 Å². The summed E-state index contributed by atoms with van der Waals surface area (Å²) < 4.78 is 7.02. The van der Waals surface area contributed by atoms with Crippen molar-refractivity contribution in [1.29, 1.82) is 0 Å². The Morgan fingerprint density at radius 1 is 0.297 bits per heavy atom. The fourth-order valence-electron chi connectivity index (χ4n) is 10.8. The van der Waals surface area contributed by atoms with Gasteiger partial charge in [0.05, 0.1) is 5.41 Å².